The molecule has 1 aliphatic heterocycles. The van der Waals surface area contributed by atoms with Crippen molar-refractivity contribution in [2.45, 2.75) is 25.7 Å². The average Bonchev–Trinajstić information content (AvgIpc) is 2.66. The molecule has 2 heterocycles. The second kappa shape index (κ2) is 4.91. The molecule has 0 saturated heterocycles. The molecule has 0 aromatic carbocycles. The molecule has 0 unspecified atom stereocenters. The number of rotatable bonds is 3. The van der Waals surface area contributed by atoms with Gasteiger partial charge in [-0.15, -0.1) is 0 Å². The normalized spacial score (nSPS) is 16.2. The lowest BCUT2D eigenvalue weighted by Crippen LogP contribution is -2.28. The Morgan fingerprint density at radius 3 is 3.07 bits per heavy atom. The van der Waals surface area contributed by atoms with E-state index in [9.17, 15) is 0 Å². The first-order valence-electron chi connectivity index (χ1n) is 5.46. The van der Waals surface area contributed by atoms with Crippen LogP contribution in [0.1, 0.15) is 25.1 Å². The summed E-state index contributed by atoms with van der Waals surface area (Å²) in [4.78, 5) is 8.60. The highest BCUT2D eigenvalue weighted by atomic mass is 15.3. The van der Waals surface area contributed by atoms with Gasteiger partial charge in [0.15, 0.2) is 5.82 Å². The Balaban J connectivity index is 1.72. The van der Waals surface area contributed by atoms with Crippen LogP contribution in [-0.4, -0.2) is 33.7 Å². The summed E-state index contributed by atoms with van der Waals surface area (Å²) in [5, 5.41) is 7.56. The lowest BCUT2D eigenvalue weighted by atomic mass is 10.2. The summed E-state index contributed by atoms with van der Waals surface area (Å²) in [6.07, 6.45) is 6.17. The molecule has 0 bridgehead atoms. The topological polar surface area (TPSA) is 55.1 Å². The molecule has 82 valence electrons. The van der Waals surface area contributed by atoms with Crippen LogP contribution in [-0.2, 0) is 13.5 Å². The van der Waals surface area contributed by atoms with Crippen LogP contribution in [0.5, 0.6) is 0 Å². The van der Waals surface area contributed by atoms with Crippen molar-refractivity contribution in [2.24, 2.45) is 12.0 Å². The van der Waals surface area contributed by atoms with Gasteiger partial charge in [0.2, 0.25) is 0 Å². The van der Waals surface area contributed by atoms with Gasteiger partial charge >= 0.3 is 0 Å². The molecule has 1 aliphatic rings. The van der Waals surface area contributed by atoms with Crippen LogP contribution < -0.4 is 5.32 Å². The van der Waals surface area contributed by atoms with Gasteiger partial charge in [-0.3, -0.25) is 9.67 Å². The lowest BCUT2D eigenvalue weighted by Gasteiger charge is -2.12. The van der Waals surface area contributed by atoms with Crippen molar-refractivity contribution in [3.63, 3.8) is 0 Å². The minimum atomic E-state index is 0.861. The van der Waals surface area contributed by atoms with Crippen LogP contribution in [0.3, 0.4) is 0 Å². The molecule has 0 radical (unpaired) electrons. The Hall–Kier alpha value is -1.39. The molecular formula is C10H17N5. The quantitative estimate of drug-likeness (QED) is 0.786. The molecule has 0 amide bonds. The van der Waals surface area contributed by atoms with Gasteiger partial charge < -0.3 is 5.32 Å². The molecule has 0 saturated carbocycles. The minimum Gasteiger partial charge on any atom is -0.373 e. The highest BCUT2D eigenvalue weighted by molar-refractivity contribution is 5.82. The molecule has 1 aromatic heterocycles. The first kappa shape index (κ1) is 10.1. The van der Waals surface area contributed by atoms with E-state index in [0.717, 1.165) is 37.6 Å². The van der Waals surface area contributed by atoms with Crippen LogP contribution in [0.4, 0.5) is 0 Å². The van der Waals surface area contributed by atoms with Crippen LogP contribution in [0.15, 0.2) is 11.3 Å². The second-order valence-electron chi connectivity index (χ2n) is 3.80. The Bertz CT molecular complexity index is 341. The molecule has 15 heavy (non-hydrogen) atoms. The Labute approximate surface area is 89.6 Å². The lowest BCUT2D eigenvalue weighted by molar-refractivity contribution is 0.693. The number of hydrogen-bond acceptors (Lipinski definition) is 4. The van der Waals surface area contributed by atoms with E-state index in [1.807, 2.05) is 7.05 Å². The number of hydrogen-bond donors (Lipinski definition) is 1. The molecule has 2 rings (SSSR count). The van der Waals surface area contributed by atoms with E-state index in [1.165, 1.54) is 12.8 Å². The summed E-state index contributed by atoms with van der Waals surface area (Å²) in [6.45, 7) is 1.85. The number of nitrogens with one attached hydrogen (secondary N) is 1. The number of aliphatic imine (C=N–C) groups is 1. The van der Waals surface area contributed by atoms with Gasteiger partial charge in [-0.05, 0) is 12.8 Å². The van der Waals surface area contributed by atoms with Crippen molar-refractivity contribution in [3.05, 3.63) is 12.2 Å². The maximum Gasteiger partial charge on any atom is 0.152 e. The number of amidine groups is 1. The molecular weight excluding hydrogens is 190 g/mol. The van der Waals surface area contributed by atoms with Crippen molar-refractivity contribution in [3.8, 4) is 0 Å². The van der Waals surface area contributed by atoms with E-state index in [4.69, 9.17) is 0 Å². The van der Waals surface area contributed by atoms with E-state index >= 15 is 0 Å². The van der Waals surface area contributed by atoms with Crippen molar-refractivity contribution >= 4 is 5.84 Å². The van der Waals surface area contributed by atoms with Crippen LogP contribution in [0.2, 0.25) is 0 Å². The first-order chi connectivity index (χ1) is 7.34. The summed E-state index contributed by atoms with van der Waals surface area (Å²) in [6, 6.07) is 0. The molecule has 1 aromatic rings. The van der Waals surface area contributed by atoms with Gasteiger partial charge in [-0.2, -0.15) is 5.10 Å². The third-order valence-electron chi connectivity index (χ3n) is 2.45. The van der Waals surface area contributed by atoms with Crippen LogP contribution >= 0.6 is 0 Å². The Kier molecular flexibility index (Phi) is 3.32. The van der Waals surface area contributed by atoms with Crippen LogP contribution in [0.25, 0.3) is 0 Å². The minimum absolute atomic E-state index is 0.861. The maximum absolute atomic E-state index is 4.43. The second-order valence-corrected chi connectivity index (χ2v) is 3.80. The van der Waals surface area contributed by atoms with E-state index in [2.05, 4.69) is 20.4 Å². The van der Waals surface area contributed by atoms with Gasteiger partial charge in [0.05, 0.1) is 5.84 Å². The highest BCUT2D eigenvalue weighted by Crippen LogP contribution is 2.03. The summed E-state index contributed by atoms with van der Waals surface area (Å²) in [7, 11) is 1.88. The fraction of sp³-hybridized carbons (Fsp3) is 0.700. The highest BCUT2D eigenvalue weighted by Gasteiger charge is 2.04. The van der Waals surface area contributed by atoms with Gasteiger partial charge in [-0.1, -0.05) is 0 Å². The zero-order valence-electron chi connectivity index (χ0n) is 9.11. The Morgan fingerprint density at radius 1 is 1.47 bits per heavy atom. The van der Waals surface area contributed by atoms with Crippen molar-refractivity contribution < 1.29 is 0 Å². The summed E-state index contributed by atoms with van der Waals surface area (Å²) in [5.41, 5.74) is 0. The third-order valence-corrected chi connectivity index (χ3v) is 2.45. The monoisotopic (exact) mass is 207 g/mol. The zero-order chi connectivity index (χ0) is 10.5. The number of aryl methyl sites for hydroxylation is 1. The van der Waals surface area contributed by atoms with E-state index < -0.39 is 0 Å². The SMILES string of the molecule is Cn1cnc(CCNC2=NCCCC2)n1. The first-order valence-corrected chi connectivity index (χ1v) is 5.46. The predicted molar refractivity (Wildman–Crippen MR) is 58.9 cm³/mol. The molecule has 5 heteroatoms. The fourth-order valence-electron chi connectivity index (χ4n) is 1.66. The summed E-state index contributed by atoms with van der Waals surface area (Å²) in [5.74, 6) is 2.04. The summed E-state index contributed by atoms with van der Waals surface area (Å²) >= 11 is 0. The van der Waals surface area contributed by atoms with Gasteiger partial charge in [0, 0.05) is 33.0 Å². The molecule has 5 nitrogen and oxygen atoms in total. The molecule has 0 spiro atoms. The molecule has 1 N–H and O–H groups in total. The van der Waals surface area contributed by atoms with Crippen molar-refractivity contribution in [1.82, 2.24) is 20.1 Å². The van der Waals surface area contributed by atoms with E-state index in [0.29, 0.717) is 0 Å². The Morgan fingerprint density at radius 2 is 2.40 bits per heavy atom. The molecule has 0 aliphatic carbocycles. The fourth-order valence-corrected chi connectivity index (χ4v) is 1.66. The van der Waals surface area contributed by atoms with E-state index in [-0.39, 0.29) is 0 Å². The number of nitrogens with zero attached hydrogens (tertiary/aromatic N) is 4. The third kappa shape index (κ3) is 3.04. The molecule has 0 atom stereocenters. The summed E-state index contributed by atoms with van der Waals surface area (Å²) < 4.78 is 1.73. The van der Waals surface area contributed by atoms with Gasteiger partial charge in [-0.25, -0.2) is 4.98 Å². The standard InChI is InChI=1S/C10H17N5/c1-15-8-13-10(14-15)5-7-12-9-4-2-3-6-11-9/h8H,2-7H2,1H3,(H,11,12). The van der Waals surface area contributed by atoms with Gasteiger partial charge in [0.1, 0.15) is 6.33 Å². The predicted octanol–water partition coefficient (Wildman–Crippen LogP) is 0.530. The largest absolute Gasteiger partial charge is 0.373 e. The zero-order valence-corrected chi connectivity index (χ0v) is 9.11. The van der Waals surface area contributed by atoms with E-state index in [1.54, 1.807) is 11.0 Å². The smallest absolute Gasteiger partial charge is 0.152 e. The van der Waals surface area contributed by atoms with Gasteiger partial charge in [0.25, 0.3) is 0 Å². The average molecular weight is 207 g/mol. The maximum atomic E-state index is 4.43. The van der Waals surface area contributed by atoms with Crippen LogP contribution in [0, 0.1) is 0 Å². The number of aromatic nitrogens is 3. The molecule has 0 fully saturated rings. The van der Waals surface area contributed by atoms with Crippen molar-refractivity contribution in [2.75, 3.05) is 13.1 Å². The van der Waals surface area contributed by atoms with Crippen molar-refractivity contribution in [1.29, 1.82) is 0 Å².